The van der Waals surface area contributed by atoms with E-state index < -0.39 is 0 Å². The van der Waals surface area contributed by atoms with Crippen molar-refractivity contribution in [3.05, 3.63) is 29.3 Å². The van der Waals surface area contributed by atoms with E-state index in [-0.39, 0.29) is 0 Å². The standard InChI is InChI=1S/C16H24ClN3/c17-14-4-2-5-15(11-14)19-7-9-20(10-8-19)16-6-1-3-13(16)12-18/h2,4-5,11,13,16H,1,3,6-10,12,18H2. The average Bonchev–Trinajstić information content (AvgIpc) is 2.96. The fourth-order valence-electron chi connectivity index (χ4n) is 3.76. The molecule has 20 heavy (non-hydrogen) atoms. The maximum absolute atomic E-state index is 6.08. The van der Waals surface area contributed by atoms with Crippen LogP contribution in [0.5, 0.6) is 0 Å². The van der Waals surface area contributed by atoms with Crippen molar-refractivity contribution in [2.45, 2.75) is 25.3 Å². The third-order valence-electron chi connectivity index (χ3n) is 4.88. The minimum atomic E-state index is 0.715. The Morgan fingerprint density at radius 3 is 2.65 bits per heavy atom. The quantitative estimate of drug-likeness (QED) is 0.930. The molecule has 0 amide bonds. The third kappa shape index (κ3) is 2.95. The molecule has 1 aromatic rings. The van der Waals surface area contributed by atoms with Crippen LogP contribution in [0.15, 0.2) is 24.3 Å². The zero-order valence-electron chi connectivity index (χ0n) is 12.0. The molecular formula is C16H24ClN3. The highest BCUT2D eigenvalue weighted by Crippen LogP contribution is 2.30. The first-order valence-electron chi connectivity index (χ1n) is 7.72. The van der Waals surface area contributed by atoms with Gasteiger partial charge in [-0.2, -0.15) is 0 Å². The SMILES string of the molecule is NCC1CCCC1N1CCN(c2cccc(Cl)c2)CC1. The lowest BCUT2D eigenvalue weighted by Gasteiger charge is -2.41. The van der Waals surface area contributed by atoms with Crippen LogP contribution in [0, 0.1) is 5.92 Å². The van der Waals surface area contributed by atoms with Crippen LogP contribution in [-0.4, -0.2) is 43.7 Å². The Morgan fingerprint density at radius 2 is 1.95 bits per heavy atom. The van der Waals surface area contributed by atoms with Gasteiger partial charge in [-0.25, -0.2) is 0 Å². The normalized spacial score (nSPS) is 28.0. The number of hydrogen-bond donors (Lipinski definition) is 1. The molecule has 1 saturated carbocycles. The fraction of sp³-hybridized carbons (Fsp3) is 0.625. The van der Waals surface area contributed by atoms with E-state index >= 15 is 0 Å². The van der Waals surface area contributed by atoms with Crippen LogP contribution in [0.2, 0.25) is 5.02 Å². The second-order valence-electron chi connectivity index (χ2n) is 6.00. The molecule has 2 fully saturated rings. The molecule has 0 radical (unpaired) electrons. The Bertz CT molecular complexity index is 443. The van der Waals surface area contributed by atoms with Crippen LogP contribution >= 0.6 is 11.6 Å². The Labute approximate surface area is 126 Å². The lowest BCUT2D eigenvalue weighted by Crippen LogP contribution is -2.52. The molecule has 2 N–H and O–H groups in total. The molecule has 1 aliphatic carbocycles. The highest BCUT2D eigenvalue weighted by Gasteiger charge is 2.32. The van der Waals surface area contributed by atoms with Gasteiger partial charge in [-0.1, -0.05) is 24.1 Å². The molecule has 1 aliphatic heterocycles. The molecule has 2 atom stereocenters. The summed E-state index contributed by atoms with van der Waals surface area (Å²) in [5.74, 6) is 0.715. The van der Waals surface area contributed by atoms with Crippen LogP contribution in [-0.2, 0) is 0 Å². The molecule has 0 spiro atoms. The van der Waals surface area contributed by atoms with E-state index in [4.69, 9.17) is 17.3 Å². The number of nitrogens with zero attached hydrogens (tertiary/aromatic N) is 2. The summed E-state index contributed by atoms with van der Waals surface area (Å²) < 4.78 is 0. The van der Waals surface area contributed by atoms with Crippen LogP contribution in [0.25, 0.3) is 0 Å². The molecule has 3 rings (SSSR count). The smallest absolute Gasteiger partial charge is 0.0426 e. The van der Waals surface area contributed by atoms with Crippen molar-refractivity contribution in [3.63, 3.8) is 0 Å². The van der Waals surface area contributed by atoms with Crippen molar-refractivity contribution in [2.24, 2.45) is 11.7 Å². The van der Waals surface area contributed by atoms with Gasteiger partial charge in [-0.3, -0.25) is 4.90 Å². The molecule has 3 nitrogen and oxygen atoms in total. The van der Waals surface area contributed by atoms with Gasteiger partial charge in [0.15, 0.2) is 0 Å². The Morgan fingerprint density at radius 1 is 1.15 bits per heavy atom. The predicted octanol–water partition coefficient (Wildman–Crippen LogP) is 2.59. The van der Waals surface area contributed by atoms with E-state index in [1.807, 2.05) is 12.1 Å². The van der Waals surface area contributed by atoms with E-state index in [2.05, 4.69) is 21.9 Å². The van der Waals surface area contributed by atoms with E-state index in [0.29, 0.717) is 5.92 Å². The lowest BCUT2D eigenvalue weighted by atomic mass is 10.0. The van der Waals surface area contributed by atoms with Gasteiger partial charge in [-0.05, 0) is 43.5 Å². The molecule has 2 aliphatic rings. The molecule has 4 heteroatoms. The van der Waals surface area contributed by atoms with E-state index in [1.165, 1.54) is 24.9 Å². The summed E-state index contributed by atoms with van der Waals surface area (Å²) in [5, 5.41) is 0.823. The summed E-state index contributed by atoms with van der Waals surface area (Å²) in [6.45, 7) is 5.32. The number of rotatable bonds is 3. The van der Waals surface area contributed by atoms with Crippen LogP contribution < -0.4 is 10.6 Å². The molecular weight excluding hydrogens is 270 g/mol. The Balaban J connectivity index is 1.59. The molecule has 1 aromatic carbocycles. The maximum atomic E-state index is 6.08. The number of halogens is 1. The molecule has 2 unspecified atom stereocenters. The number of anilines is 1. The Kier molecular flexibility index (Phi) is 4.49. The van der Waals surface area contributed by atoms with Crippen molar-refractivity contribution >= 4 is 17.3 Å². The second kappa shape index (κ2) is 6.33. The molecule has 0 aromatic heterocycles. The summed E-state index contributed by atoms with van der Waals surface area (Å²) in [6, 6.07) is 8.91. The Hall–Kier alpha value is -0.770. The first-order valence-corrected chi connectivity index (χ1v) is 8.10. The van der Waals surface area contributed by atoms with E-state index in [9.17, 15) is 0 Å². The van der Waals surface area contributed by atoms with Gasteiger partial charge in [0.1, 0.15) is 0 Å². The second-order valence-corrected chi connectivity index (χ2v) is 6.43. The van der Waals surface area contributed by atoms with Gasteiger partial charge in [0.2, 0.25) is 0 Å². The highest BCUT2D eigenvalue weighted by molar-refractivity contribution is 6.30. The first-order chi connectivity index (χ1) is 9.78. The molecule has 1 saturated heterocycles. The largest absolute Gasteiger partial charge is 0.369 e. The van der Waals surface area contributed by atoms with E-state index in [1.54, 1.807) is 0 Å². The minimum absolute atomic E-state index is 0.715. The van der Waals surface area contributed by atoms with Gasteiger partial charge in [0.25, 0.3) is 0 Å². The van der Waals surface area contributed by atoms with E-state index in [0.717, 1.165) is 43.8 Å². The number of benzene rings is 1. The van der Waals surface area contributed by atoms with Gasteiger partial charge in [0.05, 0.1) is 0 Å². The summed E-state index contributed by atoms with van der Waals surface area (Å²) in [6.07, 6.45) is 4.00. The zero-order valence-corrected chi connectivity index (χ0v) is 12.7. The predicted molar refractivity (Wildman–Crippen MR) is 85.4 cm³/mol. The maximum Gasteiger partial charge on any atom is 0.0426 e. The van der Waals surface area contributed by atoms with Crippen molar-refractivity contribution in [1.82, 2.24) is 4.90 Å². The summed E-state index contributed by atoms with van der Waals surface area (Å²) in [7, 11) is 0. The van der Waals surface area contributed by atoms with Crippen LogP contribution in [0.1, 0.15) is 19.3 Å². The summed E-state index contributed by atoms with van der Waals surface area (Å²) in [4.78, 5) is 5.10. The van der Waals surface area contributed by atoms with Crippen LogP contribution in [0.3, 0.4) is 0 Å². The first kappa shape index (κ1) is 14.2. The number of piperazine rings is 1. The van der Waals surface area contributed by atoms with Crippen molar-refractivity contribution < 1.29 is 0 Å². The fourth-order valence-corrected chi connectivity index (χ4v) is 3.94. The lowest BCUT2D eigenvalue weighted by molar-refractivity contribution is 0.153. The van der Waals surface area contributed by atoms with Gasteiger partial charge in [0, 0.05) is 42.9 Å². The zero-order chi connectivity index (χ0) is 13.9. The van der Waals surface area contributed by atoms with Crippen molar-refractivity contribution in [1.29, 1.82) is 0 Å². The minimum Gasteiger partial charge on any atom is -0.369 e. The number of nitrogens with two attached hydrogens (primary N) is 1. The van der Waals surface area contributed by atoms with Crippen molar-refractivity contribution in [2.75, 3.05) is 37.6 Å². The third-order valence-corrected chi connectivity index (χ3v) is 5.11. The number of hydrogen-bond acceptors (Lipinski definition) is 3. The average molecular weight is 294 g/mol. The molecule has 110 valence electrons. The molecule has 0 bridgehead atoms. The van der Waals surface area contributed by atoms with Crippen molar-refractivity contribution in [3.8, 4) is 0 Å². The van der Waals surface area contributed by atoms with Crippen LogP contribution in [0.4, 0.5) is 5.69 Å². The van der Waals surface area contributed by atoms with Gasteiger partial charge >= 0.3 is 0 Å². The summed E-state index contributed by atoms with van der Waals surface area (Å²) >= 11 is 6.08. The molecule has 1 heterocycles. The highest BCUT2D eigenvalue weighted by atomic mass is 35.5. The topological polar surface area (TPSA) is 32.5 Å². The van der Waals surface area contributed by atoms with Gasteiger partial charge in [-0.15, -0.1) is 0 Å². The summed E-state index contributed by atoms with van der Waals surface area (Å²) in [5.41, 5.74) is 7.16. The monoisotopic (exact) mass is 293 g/mol. The van der Waals surface area contributed by atoms with Gasteiger partial charge < -0.3 is 10.6 Å².